The van der Waals surface area contributed by atoms with E-state index < -0.39 is 0 Å². The molecule has 30 heavy (non-hydrogen) atoms. The fraction of sp³-hybridized carbons (Fsp3) is 0.519. The predicted molar refractivity (Wildman–Crippen MR) is 123 cm³/mol. The first kappa shape index (κ1) is 21.0. The van der Waals surface area contributed by atoms with Crippen LogP contribution < -0.4 is 5.32 Å². The molecule has 0 bridgehead atoms. The van der Waals surface area contributed by atoms with E-state index in [9.17, 15) is 4.79 Å². The number of hydrogen-bond donors (Lipinski definition) is 1. The average molecular weight is 406 g/mol. The number of rotatable bonds is 3. The number of benzene rings is 2. The molecule has 0 unspecified atom stereocenters. The van der Waals surface area contributed by atoms with Crippen LogP contribution in [0.5, 0.6) is 0 Å². The van der Waals surface area contributed by atoms with E-state index in [1.54, 1.807) is 0 Å². The highest BCUT2D eigenvalue weighted by Crippen LogP contribution is 2.44. The zero-order chi connectivity index (χ0) is 20.6. The molecule has 2 aromatic carbocycles. The van der Waals surface area contributed by atoms with Crippen molar-refractivity contribution in [2.75, 3.05) is 6.61 Å². The third kappa shape index (κ3) is 5.24. The number of amides is 1. The van der Waals surface area contributed by atoms with Gasteiger partial charge in [-0.05, 0) is 35.1 Å². The molecule has 0 heterocycles. The first-order valence-corrected chi connectivity index (χ1v) is 11.9. The molecule has 3 heteroatoms. The van der Waals surface area contributed by atoms with Gasteiger partial charge in [0.25, 0.3) is 0 Å². The van der Waals surface area contributed by atoms with E-state index in [0.717, 1.165) is 12.8 Å². The standard InChI is InChI=1S/C27H35NO2/c29-27(28-21-14-8-6-4-2-1-3-5-7-9-15-21)30-20-26-24-18-12-10-16-22(24)23-17-11-13-19-25(23)26/h10-13,16-19,21,26H,1-9,14-15,20H2,(H,28,29). The Bertz CT molecular complexity index is 774. The lowest BCUT2D eigenvalue weighted by Crippen LogP contribution is -2.36. The SMILES string of the molecule is O=C(NC1CCCCCCCCCCC1)OCC1c2ccccc2-c2ccccc21. The Morgan fingerprint density at radius 1 is 0.733 bits per heavy atom. The van der Waals surface area contributed by atoms with E-state index in [0.29, 0.717) is 6.61 Å². The molecular formula is C27H35NO2. The van der Waals surface area contributed by atoms with E-state index in [4.69, 9.17) is 4.74 Å². The third-order valence-corrected chi connectivity index (χ3v) is 6.77. The number of alkyl carbamates (subject to hydrolysis) is 1. The number of ether oxygens (including phenoxy) is 1. The molecule has 0 saturated heterocycles. The van der Waals surface area contributed by atoms with Crippen LogP contribution in [0.3, 0.4) is 0 Å². The molecule has 2 aliphatic rings. The van der Waals surface area contributed by atoms with Gasteiger partial charge in [0, 0.05) is 12.0 Å². The zero-order valence-corrected chi connectivity index (χ0v) is 18.1. The lowest BCUT2D eigenvalue weighted by Gasteiger charge is -2.20. The van der Waals surface area contributed by atoms with Gasteiger partial charge >= 0.3 is 6.09 Å². The lowest BCUT2D eigenvalue weighted by atomic mass is 9.98. The van der Waals surface area contributed by atoms with Gasteiger partial charge in [-0.25, -0.2) is 4.79 Å². The van der Waals surface area contributed by atoms with Crippen LogP contribution in [-0.2, 0) is 4.74 Å². The van der Waals surface area contributed by atoms with Crippen molar-refractivity contribution in [3.05, 3.63) is 59.7 Å². The Balaban J connectivity index is 1.33. The summed E-state index contributed by atoms with van der Waals surface area (Å²) in [4.78, 5) is 12.6. The summed E-state index contributed by atoms with van der Waals surface area (Å²) in [6.07, 6.45) is 13.6. The molecule has 1 N–H and O–H groups in total. The van der Waals surface area contributed by atoms with Gasteiger partial charge in [0.15, 0.2) is 0 Å². The fourth-order valence-corrected chi connectivity index (χ4v) is 5.11. The molecule has 3 nitrogen and oxygen atoms in total. The van der Waals surface area contributed by atoms with Crippen molar-refractivity contribution < 1.29 is 9.53 Å². The first-order chi connectivity index (χ1) is 14.8. The summed E-state index contributed by atoms with van der Waals surface area (Å²) in [6.45, 7) is 0.395. The zero-order valence-electron chi connectivity index (χ0n) is 18.1. The second kappa shape index (κ2) is 10.7. The van der Waals surface area contributed by atoms with E-state index in [-0.39, 0.29) is 18.1 Å². The summed E-state index contributed by atoms with van der Waals surface area (Å²) in [5.74, 6) is 0.124. The van der Waals surface area contributed by atoms with Crippen LogP contribution in [-0.4, -0.2) is 18.7 Å². The summed E-state index contributed by atoms with van der Waals surface area (Å²) in [7, 11) is 0. The molecule has 160 valence electrons. The lowest BCUT2D eigenvalue weighted by molar-refractivity contribution is 0.137. The highest BCUT2D eigenvalue weighted by Gasteiger charge is 2.29. The second-order valence-corrected chi connectivity index (χ2v) is 8.93. The molecular weight excluding hydrogens is 370 g/mol. The van der Waals surface area contributed by atoms with Gasteiger partial charge in [-0.1, -0.05) is 106 Å². The summed E-state index contributed by atoms with van der Waals surface area (Å²) < 4.78 is 5.77. The van der Waals surface area contributed by atoms with E-state index in [1.165, 1.54) is 80.0 Å². The van der Waals surface area contributed by atoms with Crippen molar-refractivity contribution >= 4 is 6.09 Å². The molecule has 2 aromatic rings. The summed E-state index contributed by atoms with van der Waals surface area (Å²) in [6, 6.07) is 17.2. The largest absolute Gasteiger partial charge is 0.449 e. The molecule has 0 radical (unpaired) electrons. The molecule has 4 rings (SSSR count). The molecule has 0 aromatic heterocycles. The average Bonchev–Trinajstić information content (AvgIpc) is 3.08. The maximum Gasteiger partial charge on any atom is 0.407 e. The Morgan fingerprint density at radius 3 is 1.73 bits per heavy atom. The summed E-state index contributed by atoms with van der Waals surface area (Å²) >= 11 is 0. The molecule has 0 atom stereocenters. The van der Waals surface area contributed by atoms with Gasteiger partial charge in [-0.15, -0.1) is 0 Å². The van der Waals surface area contributed by atoms with E-state index >= 15 is 0 Å². The molecule has 1 saturated carbocycles. The fourth-order valence-electron chi connectivity index (χ4n) is 5.11. The smallest absolute Gasteiger partial charge is 0.407 e. The number of carbonyl (C=O) groups is 1. The van der Waals surface area contributed by atoms with Gasteiger partial charge in [0.05, 0.1) is 0 Å². The van der Waals surface area contributed by atoms with Crippen molar-refractivity contribution in [1.29, 1.82) is 0 Å². The minimum absolute atomic E-state index is 0.124. The molecule has 0 aliphatic heterocycles. The highest BCUT2D eigenvalue weighted by molar-refractivity contribution is 5.79. The number of nitrogens with one attached hydrogen (secondary N) is 1. The van der Waals surface area contributed by atoms with E-state index in [2.05, 4.69) is 53.8 Å². The van der Waals surface area contributed by atoms with Gasteiger partial charge in [0.1, 0.15) is 6.61 Å². The molecule has 1 amide bonds. The Labute approximate surface area is 181 Å². The van der Waals surface area contributed by atoms with Gasteiger partial charge in [-0.2, -0.15) is 0 Å². The van der Waals surface area contributed by atoms with Gasteiger partial charge in [0.2, 0.25) is 0 Å². The number of carbonyl (C=O) groups excluding carboxylic acids is 1. The Hall–Kier alpha value is -2.29. The Kier molecular flexibility index (Phi) is 7.44. The number of fused-ring (bicyclic) bond motifs is 3. The maximum atomic E-state index is 12.6. The maximum absolute atomic E-state index is 12.6. The van der Waals surface area contributed by atoms with Crippen LogP contribution in [0.25, 0.3) is 11.1 Å². The van der Waals surface area contributed by atoms with Gasteiger partial charge < -0.3 is 10.1 Å². The van der Waals surface area contributed by atoms with Crippen LogP contribution in [0.2, 0.25) is 0 Å². The van der Waals surface area contributed by atoms with Crippen LogP contribution in [0.4, 0.5) is 4.79 Å². The molecule has 0 spiro atoms. The van der Waals surface area contributed by atoms with Crippen LogP contribution >= 0.6 is 0 Å². The van der Waals surface area contributed by atoms with Crippen molar-refractivity contribution in [2.24, 2.45) is 0 Å². The Morgan fingerprint density at radius 2 is 1.20 bits per heavy atom. The van der Waals surface area contributed by atoms with Crippen molar-refractivity contribution in [1.82, 2.24) is 5.32 Å². The van der Waals surface area contributed by atoms with E-state index in [1.807, 2.05) is 0 Å². The van der Waals surface area contributed by atoms with Crippen LogP contribution in [0, 0.1) is 0 Å². The number of hydrogen-bond acceptors (Lipinski definition) is 2. The third-order valence-electron chi connectivity index (χ3n) is 6.77. The van der Waals surface area contributed by atoms with Gasteiger partial charge in [-0.3, -0.25) is 0 Å². The van der Waals surface area contributed by atoms with Crippen molar-refractivity contribution in [2.45, 2.75) is 82.6 Å². The summed E-state index contributed by atoms with van der Waals surface area (Å²) in [5.41, 5.74) is 5.05. The first-order valence-electron chi connectivity index (χ1n) is 11.9. The van der Waals surface area contributed by atoms with Crippen molar-refractivity contribution in [3.63, 3.8) is 0 Å². The quantitative estimate of drug-likeness (QED) is 0.586. The highest BCUT2D eigenvalue weighted by atomic mass is 16.5. The normalized spacial score (nSPS) is 18.5. The van der Waals surface area contributed by atoms with Crippen molar-refractivity contribution in [3.8, 4) is 11.1 Å². The molecule has 2 aliphatic carbocycles. The monoisotopic (exact) mass is 405 g/mol. The minimum atomic E-state index is -0.256. The topological polar surface area (TPSA) is 38.3 Å². The molecule has 1 fully saturated rings. The predicted octanol–water partition coefficient (Wildman–Crippen LogP) is 7.20. The summed E-state index contributed by atoms with van der Waals surface area (Å²) in [5, 5.41) is 3.18. The minimum Gasteiger partial charge on any atom is -0.449 e. The van der Waals surface area contributed by atoms with Crippen LogP contribution in [0.15, 0.2) is 48.5 Å². The second-order valence-electron chi connectivity index (χ2n) is 8.93. The van der Waals surface area contributed by atoms with Crippen LogP contribution in [0.1, 0.15) is 87.7 Å².